The van der Waals surface area contributed by atoms with Crippen LogP contribution in [0.2, 0.25) is 5.02 Å². The number of carbonyl (C=O) groups excluding carboxylic acids is 2. The van der Waals surface area contributed by atoms with Gasteiger partial charge in [-0.2, -0.15) is 0 Å². The number of hydrogen-bond donors (Lipinski definition) is 1. The molecule has 0 aromatic heterocycles. The van der Waals surface area contributed by atoms with E-state index in [2.05, 4.69) is 0 Å². The summed E-state index contributed by atoms with van der Waals surface area (Å²) >= 11 is 6.23. The van der Waals surface area contributed by atoms with Gasteiger partial charge in [0.15, 0.2) is 0 Å². The zero-order chi connectivity index (χ0) is 22.5. The number of rotatable bonds is 8. The van der Waals surface area contributed by atoms with Gasteiger partial charge in [0.05, 0.1) is 23.2 Å². The van der Waals surface area contributed by atoms with Crippen LogP contribution >= 0.6 is 11.6 Å². The monoisotopic (exact) mass is 447 g/mol. The van der Waals surface area contributed by atoms with Crippen LogP contribution in [0, 0.1) is 5.82 Å². The minimum atomic E-state index is -0.859. The zero-order valence-electron chi connectivity index (χ0n) is 17.2. The summed E-state index contributed by atoms with van der Waals surface area (Å²) in [6.45, 7) is 2.87. The zero-order valence-corrected chi connectivity index (χ0v) is 18.0. The Labute approximate surface area is 184 Å². The number of aliphatic hydroxyl groups is 1. The van der Waals surface area contributed by atoms with Gasteiger partial charge in [0.25, 0.3) is 11.7 Å². The summed E-state index contributed by atoms with van der Waals surface area (Å²) in [6.07, 6.45) is 0.496. The van der Waals surface area contributed by atoms with Crippen LogP contribution in [0.15, 0.2) is 48.0 Å². The van der Waals surface area contributed by atoms with Crippen molar-refractivity contribution in [2.24, 2.45) is 0 Å². The molecule has 3 rings (SSSR count). The quantitative estimate of drug-likeness (QED) is 0.282. The maximum Gasteiger partial charge on any atom is 0.295 e. The first-order chi connectivity index (χ1) is 14.9. The molecule has 164 valence electrons. The van der Waals surface area contributed by atoms with E-state index in [1.165, 1.54) is 35.2 Å². The number of ether oxygens (including phenoxy) is 2. The second-order valence-corrected chi connectivity index (χ2v) is 7.38. The molecule has 8 heteroatoms. The maximum atomic E-state index is 13.5. The standard InChI is InChI=1S/C23H23ClFNO5/c1-3-31-18-10-7-15(13-17(18)24)21(27)19-20(14-5-8-16(25)9-6-14)26(11-4-12-30-2)23(29)22(19)28/h5-10,13,20,27H,3-4,11-12H2,1-2H3/t20-/m1/s1. The molecule has 0 saturated carbocycles. The van der Waals surface area contributed by atoms with Gasteiger partial charge in [0.1, 0.15) is 17.3 Å². The normalized spacial score (nSPS) is 17.9. The van der Waals surface area contributed by atoms with Crippen molar-refractivity contribution in [1.29, 1.82) is 0 Å². The third-order valence-electron chi connectivity index (χ3n) is 4.98. The third-order valence-corrected chi connectivity index (χ3v) is 5.27. The topological polar surface area (TPSA) is 76.1 Å². The second kappa shape index (κ2) is 9.94. The second-order valence-electron chi connectivity index (χ2n) is 6.97. The fourth-order valence-corrected chi connectivity index (χ4v) is 3.79. The van der Waals surface area contributed by atoms with Crippen molar-refractivity contribution in [2.75, 3.05) is 26.9 Å². The lowest BCUT2D eigenvalue weighted by molar-refractivity contribution is -0.140. The van der Waals surface area contributed by atoms with E-state index in [-0.39, 0.29) is 28.5 Å². The molecule has 0 spiro atoms. The number of benzene rings is 2. The maximum absolute atomic E-state index is 13.5. The lowest BCUT2D eigenvalue weighted by Gasteiger charge is -2.25. The summed E-state index contributed by atoms with van der Waals surface area (Å²) < 4.78 is 23.9. The number of nitrogens with zero attached hydrogens (tertiary/aromatic N) is 1. The van der Waals surface area contributed by atoms with E-state index in [4.69, 9.17) is 21.1 Å². The fraction of sp³-hybridized carbons (Fsp3) is 0.304. The molecule has 0 radical (unpaired) electrons. The molecule has 0 unspecified atom stereocenters. The predicted octanol–water partition coefficient (Wildman–Crippen LogP) is 4.34. The van der Waals surface area contributed by atoms with Crippen LogP contribution in [0.25, 0.3) is 5.76 Å². The van der Waals surface area contributed by atoms with Crippen molar-refractivity contribution in [3.05, 3.63) is 70.0 Å². The van der Waals surface area contributed by atoms with Gasteiger partial charge in [0, 0.05) is 25.8 Å². The molecule has 1 atom stereocenters. The molecule has 1 N–H and O–H groups in total. The summed E-state index contributed by atoms with van der Waals surface area (Å²) in [7, 11) is 1.54. The van der Waals surface area contributed by atoms with Crippen LogP contribution in [0.1, 0.15) is 30.5 Å². The van der Waals surface area contributed by atoms with Crippen LogP contribution in [-0.2, 0) is 14.3 Å². The summed E-state index contributed by atoms with van der Waals surface area (Å²) in [4.78, 5) is 27.0. The van der Waals surface area contributed by atoms with Crippen molar-refractivity contribution >= 4 is 29.1 Å². The first-order valence-electron chi connectivity index (χ1n) is 9.84. The number of Topliss-reactive ketones (excluding diaryl/α,β-unsaturated/α-hetero) is 1. The molecule has 2 aromatic rings. The number of amides is 1. The van der Waals surface area contributed by atoms with Crippen molar-refractivity contribution in [1.82, 2.24) is 4.90 Å². The molecule has 1 saturated heterocycles. The molecular weight excluding hydrogens is 425 g/mol. The number of aliphatic hydroxyl groups excluding tert-OH is 1. The van der Waals surface area contributed by atoms with Crippen LogP contribution in [0.3, 0.4) is 0 Å². The van der Waals surface area contributed by atoms with Crippen molar-refractivity contribution in [2.45, 2.75) is 19.4 Å². The Hall–Kier alpha value is -2.90. The molecule has 1 heterocycles. The Morgan fingerprint density at radius 1 is 1.19 bits per heavy atom. The van der Waals surface area contributed by atoms with Gasteiger partial charge in [-0.15, -0.1) is 0 Å². The van der Waals surface area contributed by atoms with E-state index in [1.807, 2.05) is 6.92 Å². The Morgan fingerprint density at radius 3 is 2.52 bits per heavy atom. The Bertz CT molecular complexity index is 1010. The molecule has 1 aliphatic heterocycles. The van der Waals surface area contributed by atoms with Crippen LogP contribution in [-0.4, -0.2) is 48.6 Å². The average molecular weight is 448 g/mol. The molecule has 1 fully saturated rings. The lowest BCUT2D eigenvalue weighted by atomic mass is 9.95. The van der Waals surface area contributed by atoms with E-state index in [0.29, 0.717) is 30.9 Å². The van der Waals surface area contributed by atoms with E-state index in [0.717, 1.165) is 0 Å². The number of halogens is 2. The van der Waals surface area contributed by atoms with Gasteiger partial charge in [-0.3, -0.25) is 9.59 Å². The minimum Gasteiger partial charge on any atom is -0.507 e. The van der Waals surface area contributed by atoms with Crippen molar-refractivity contribution in [3.8, 4) is 5.75 Å². The SMILES string of the molecule is CCOc1ccc(C(O)=C2C(=O)C(=O)N(CCCOC)[C@@H]2c2ccc(F)cc2)cc1Cl. The molecule has 2 aromatic carbocycles. The summed E-state index contributed by atoms with van der Waals surface area (Å²) in [5.41, 5.74) is 0.710. The lowest BCUT2D eigenvalue weighted by Crippen LogP contribution is -2.31. The smallest absolute Gasteiger partial charge is 0.295 e. The van der Waals surface area contributed by atoms with Gasteiger partial charge < -0.3 is 19.5 Å². The van der Waals surface area contributed by atoms with Gasteiger partial charge in [-0.1, -0.05) is 23.7 Å². The van der Waals surface area contributed by atoms with Crippen LogP contribution < -0.4 is 4.74 Å². The first-order valence-corrected chi connectivity index (χ1v) is 10.2. The van der Waals surface area contributed by atoms with Gasteiger partial charge in [-0.25, -0.2) is 4.39 Å². The third kappa shape index (κ3) is 4.73. The summed E-state index contributed by atoms with van der Waals surface area (Å²) in [5, 5.41) is 11.3. The summed E-state index contributed by atoms with van der Waals surface area (Å²) in [6, 6.07) is 9.25. The summed E-state index contributed by atoms with van der Waals surface area (Å²) in [5.74, 6) is -1.90. The fourth-order valence-electron chi connectivity index (χ4n) is 3.56. The highest BCUT2D eigenvalue weighted by Crippen LogP contribution is 2.40. The Balaban J connectivity index is 2.10. The Morgan fingerprint density at radius 2 is 1.90 bits per heavy atom. The van der Waals surface area contributed by atoms with Crippen molar-refractivity contribution < 1.29 is 28.6 Å². The number of hydrogen-bond acceptors (Lipinski definition) is 5. The van der Waals surface area contributed by atoms with Gasteiger partial charge >= 0.3 is 0 Å². The highest BCUT2D eigenvalue weighted by atomic mass is 35.5. The highest BCUT2D eigenvalue weighted by Gasteiger charge is 2.45. The number of likely N-dealkylation sites (tertiary alicyclic amines) is 1. The highest BCUT2D eigenvalue weighted by molar-refractivity contribution is 6.46. The molecular formula is C23H23ClFNO5. The average Bonchev–Trinajstić information content (AvgIpc) is 3.00. The number of methoxy groups -OCH3 is 1. The molecule has 31 heavy (non-hydrogen) atoms. The minimum absolute atomic E-state index is 0.0748. The first kappa shape index (κ1) is 22.8. The number of ketones is 1. The molecule has 0 aliphatic carbocycles. The van der Waals surface area contributed by atoms with Crippen LogP contribution in [0.4, 0.5) is 4.39 Å². The van der Waals surface area contributed by atoms with Crippen LogP contribution in [0.5, 0.6) is 5.75 Å². The largest absolute Gasteiger partial charge is 0.507 e. The molecule has 6 nitrogen and oxygen atoms in total. The predicted molar refractivity (Wildman–Crippen MR) is 115 cm³/mol. The van der Waals surface area contributed by atoms with E-state index in [9.17, 15) is 19.1 Å². The van der Waals surface area contributed by atoms with E-state index < -0.39 is 23.5 Å². The Kier molecular flexibility index (Phi) is 7.30. The van der Waals surface area contributed by atoms with E-state index >= 15 is 0 Å². The number of carbonyl (C=O) groups is 2. The molecule has 1 amide bonds. The van der Waals surface area contributed by atoms with Gasteiger partial charge in [0.2, 0.25) is 0 Å². The van der Waals surface area contributed by atoms with Crippen molar-refractivity contribution in [3.63, 3.8) is 0 Å². The van der Waals surface area contributed by atoms with Gasteiger partial charge in [-0.05, 0) is 49.2 Å². The molecule has 1 aliphatic rings. The van der Waals surface area contributed by atoms with E-state index in [1.54, 1.807) is 19.2 Å². The molecule has 0 bridgehead atoms.